The van der Waals surface area contributed by atoms with Crippen LogP contribution >= 0.6 is 28.1 Å². The lowest BCUT2D eigenvalue weighted by molar-refractivity contribution is -0.118. The number of halogens is 3. The summed E-state index contributed by atoms with van der Waals surface area (Å²) in [6.45, 7) is 1.88. The summed E-state index contributed by atoms with van der Waals surface area (Å²) >= 11 is 7.73. The van der Waals surface area contributed by atoms with Crippen LogP contribution < -0.4 is 11.1 Å². The molecule has 1 aromatic carbocycles. The van der Waals surface area contributed by atoms with E-state index in [-0.39, 0.29) is 15.1 Å². The van der Waals surface area contributed by atoms with Crippen LogP contribution in [-0.4, -0.2) is 10.9 Å². The van der Waals surface area contributed by atoms with Crippen molar-refractivity contribution in [1.29, 1.82) is 0 Å². The molecule has 1 aromatic rings. The van der Waals surface area contributed by atoms with E-state index in [1.165, 1.54) is 0 Å². The first-order valence-corrected chi connectivity index (χ1v) is 6.81. The molecular weight excluding hydrogens is 338 g/mol. The summed E-state index contributed by atoms with van der Waals surface area (Å²) < 4.78 is 26.6. The van der Waals surface area contributed by atoms with Crippen LogP contribution in [0.2, 0.25) is 0 Å². The minimum absolute atomic E-state index is 0.0564. The summed E-state index contributed by atoms with van der Waals surface area (Å²) in [6, 6.07) is 1.85. The summed E-state index contributed by atoms with van der Waals surface area (Å²) in [6.07, 6.45) is 1.19. The van der Waals surface area contributed by atoms with E-state index >= 15 is 0 Å². The van der Waals surface area contributed by atoms with Crippen LogP contribution in [0.25, 0.3) is 0 Å². The van der Waals surface area contributed by atoms with Crippen molar-refractivity contribution in [2.24, 2.45) is 11.7 Å². The van der Waals surface area contributed by atoms with Gasteiger partial charge in [0.1, 0.15) is 11.6 Å². The van der Waals surface area contributed by atoms with Crippen molar-refractivity contribution in [2.45, 2.75) is 19.8 Å². The first-order valence-electron chi connectivity index (χ1n) is 5.61. The van der Waals surface area contributed by atoms with Gasteiger partial charge < -0.3 is 11.1 Å². The number of carbonyl (C=O) groups excluding carboxylic acids is 1. The highest BCUT2D eigenvalue weighted by atomic mass is 79.9. The van der Waals surface area contributed by atoms with Gasteiger partial charge in [-0.1, -0.05) is 25.6 Å². The Balaban J connectivity index is 2.92. The van der Waals surface area contributed by atoms with Crippen molar-refractivity contribution in [2.75, 3.05) is 5.32 Å². The zero-order valence-electron chi connectivity index (χ0n) is 10.2. The Morgan fingerprint density at radius 3 is 2.63 bits per heavy atom. The van der Waals surface area contributed by atoms with Crippen LogP contribution in [0.3, 0.4) is 0 Å². The number of anilines is 1. The molecule has 104 valence electrons. The number of nitrogens with one attached hydrogen (secondary N) is 1. The van der Waals surface area contributed by atoms with Crippen LogP contribution in [0.1, 0.15) is 19.8 Å². The van der Waals surface area contributed by atoms with Crippen molar-refractivity contribution in [3.8, 4) is 0 Å². The van der Waals surface area contributed by atoms with E-state index in [1.807, 2.05) is 6.92 Å². The average molecular weight is 351 g/mol. The molecule has 0 heterocycles. The first-order chi connectivity index (χ1) is 8.86. The van der Waals surface area contributed by atoms with Crippen molar-refractivity contribution in [3.05, 3.63) is 28.2 Å². The number of hydrogen-bond donors (Lipinski definition) is 2. The van der Waals surface area contributed by atoms with Crippen molar-refractivity contribution >= 4 is 44.7 Å². The summed E-state index contributed by atoms with van der Waals surface area (Å²) in [5.41, 5.74) is 5.36. The summed E-state index contributed by atoms with van der Waals surface area (Å²) in [7, 11) is 0. The number of carbonyl (C=O) groups is 1. The maximum atomic E-state index is 13.5. The zero-order valence-corrected chi connectivity index (χ0v) is 12.6. The third-order valence-corrected chi connectivity index (χ3v) is 3.40. The average Bonchev–Trinajstić information content (AvgIpc) is 2.32. The molecule has 7 heteroatoms. The molecule has 0 radical (unpaired) electrons. The van der Waals surface area contributed by atoms with E-state index in [9.17, 15) is 13.6 Å². The minimum Gasteiger partial charge on any atom is -0.393 e. The molecule has 0 fully saturated rings. The van der Waals surface area contributed by atoms with Crippen LogP contribution in [0, 0.1) is 17.6 Å². The van der Waals surface area contributed by atoms with Gasteiger partial charge in [-0.05, 0) is 28.4 Å². The molecule has 19 heavy (non-hydrogen) atoms. The van der Waals surface area contributed by atoms with Crippen LogP contribution in [0.4, 0.5) is 14.5 Å². The maximum Gasteiger partial charge on any atom is 0.234 e. The van der Waals surface area contributed by atoms with Crippen LogP contribution in [0.15, 0.2) is 16.6 Å². The molecule has 0 aliphatic carbocycles. The van der Waals surface area contributed by atoms with Crippen molar-refractivity contribution in [1.82, 2.24) is 0 Å². The quantitative estimate of drug-likeness (QED) is 0.632. The number of hydrogen-bond acceptors (Lipinski definition) is 2. The third-order valence-electron chi connectivity index (χ3n) is 2.51. The molecule has 3 nitrogen and oxygen atoms in total. The Labute approximate surface area is 123 Å². The van der Waals surface area contributed by atoms with Gasteiger partial charge in [0.2, 0.25) is 5.91 Å². The standard InChI is InChI=1S/C12H13BrF2N2OS/c1-2-3-6(11(16)19)12(18)17-10-4-7(13)8(14)5-9(10)15/h4-6H,2-3H2,1H3,(H2,16,19)(H,17,18). The van der Waals surface area contributed by atoms with Crippen molar-refractivity contribution in [3.63, 3.8) is 0 Å². The lowest BCUT2D eigenvalue weighted by atomic mass is 10.0. The highest BCUT2D eigenvalue weighted by Gasteiger charge is 2.22. The van der Waals surface area contributed by atoms with Gasteiger partial charge in [-0.25, -0.2) is 8.78 Å². The lowest BCUT2D eigenvalue weighted by Crippen LogP contribution is -2.33. The number of rotatable bonds is 5. The normalized spacial score (nSPS) is 12.0. The second-order valence-electron chi connectivity index (χ2n) is 3.98. The Kier molecular flexibility index (Phi) is 5.81. The maximum absolute atomic E-state index is 13.5. The predicted octanol–water partition coefficient (Wildman–Crippen LogP) is 3.37. The predicted molar refractivity (Wildman–Crippen MR) is 77.9 cm³/mol. The topological polar surface area (TPSA) is 55.1 Å². The molecule has 1 rings (SSSR count). The van der Waals surface area contributed by atoms with Crippen LogP contribution in [-0.2, 0) is 4.79 Å². The largest absolute Gasteiger partial charge is 0.393 e. The highest BCUT2D eigenvalue weighted by Crippen LogP contribution is 2.24. The van der Waals surface area contributed by atoms with Gasteiger partial charge in [-0.15, -0.1) is 0 Å². The van der Waals surface area contributed by atoms with Gasteiger partial charge in [0.05, 0.1) is 21.1 Å². The smallest absolute Gasteiger partial charge is 0.234 e. The number of thiocarbonyl (C=S) groups is 1. The fourth-order valence-corrected chi connectivity index (χ4v) is 2.10. The van der Waals surface area contributed by atoms with E-state index in [1.54, 1.807) is 0 Å². The van der Waals surface area contributed by atoms with E-state index < -0.39 is 23.5 Å². The third kappa shape index (κ3) is 4.21. The second kappa shape index (κ2) is 6.91. The molecule has 3 N–H and O–H groups in total. The molecule has 0 aliphatic heterocycles. The minimum atomic E-state index is -0.854. The number of amides is 1. The van der Waals surface area contributed by atoms with E-state index in [0.717, 1.165) is 6.07 Å². The van der Waals surface area contributed by atoms with Gasteiger partial charge in [0.25, 0.3) is 0 Å². The molecule has 0 bridgehead atoms. The molecule has 1 unspecified atom stereocenters. The molecule has 0 aromatic heterocycles. The van der Waals surface area contributed by atoms with Crippen LogP contribution in [0.5, 0.6) is 0 Å². The summed E-state index contributed by atoms with van der Waals surface area (Å²) in [5.74, 6) is -2.75. The van der Waals surface area contributed by atoms with Gasteiger partial charge in [-0.2, -0.15) is 0 Å². The fourth-order valence-electron chi connectivity index (χ4n) is 1.53. The Bertz CT molecular complexity index is 511. The number of nitrogens with two attached hydrogens (primary N) is 1. The SMILES string of the molecule is CCCC(C(=O)Nc1cc(Br)c(F)cc1F)C(N)=S. The fraction of sp³-hybridized carbons (Fsp3) is 0.333. The van der Waals surface area contributed by atoms with E-state index in [0.29, 0.717) is 18.9 Å². The number of benzene rings is 1. The first kappa shape index (κ1) is 16.0. The Morgan fingerprint density at radius 1 is 1.47 bits per heavy atom. The van der Waals surface area contributed by atoms with E-state index in [4.69, 9.17) is 18.0 Å². The summed E-state index contributed by atoms with van der Waals surface area (Å²) in [4.78, 5) is 12.0. The molecule has 1 amide bonds. The highest BCUT2D eigenvalue weighted by molar-refractivity contribution is 9.10. The van der Waals surface area contributed by atoms with Crippen molar-refractivity contribution < 1.29 is 13.6 Å². The second-order valence-corrected chi connectivity index (χ2v) is 5.30. The molecule has 0 aliphatic rings. The van der Waals surface area contributed by atoms with Gasteiger partial charge in [-0.3, -0.25) is 4.79 Å². The van der Waals surface area contributed by atoms with Gasteiger partial charge >= 0.3 is 0 Å². The van der Waals surface area contributed by atoms with E-state index in [2.05, 4.69) is 21.2 Å². The molecular formula is C12H13BrF2N2OS. The zero-order chi connectivity index (χ0) is 14.6. The molecule has 1 atom stereocenters. The molecule has 0 saturated heterocycles. The Hall–Kier alpha value is -1.08. The monoisotopic (exact) mass is 350 g/mol. The Morgan fingerprint density at radius 2 is 2.11 bits per heavy atom. The lowest BCUT2D eigenvalue weighted by Gasteiger charge is -2.15. The van der Waals surface area contributed by atoms with Gasteiger partial charge in [0, 0.05) is 6.07 Å². The van der Waals surface area contributed by atoms with Gasteiger partial charge in [0.15, 0.2) is 0 Å². The molecule has 0 spiro atoms. The molecule has 0 saturated carbocycles. The summed E-state index contributed by atoms with van der Waals surface area (Å²) in [5, 5.41) is 2.37.